The number of halogens is 2. The molecule has 1 aromatic rings. The molecule has 1 aliphatic carbocycles. The SMILES string of the molecule is CSC1CCC(NC(C)c2cc(F)cc(F)c2)C1. The first kappa shape index (κ1) is 13.8. The zero-order valence-electron chi connectivity index (χ0n) is 10.7. The van der Waals surface area contributed by atoms with Crippen molar-refractivity contribution in [2.75, 3.05) is 6.26 Å². The predicted octanol–water partition coefficient (Wildman–Crippen LogP) is 3.90. The van der Waals surface area contributed by atoms with E-state index in [-0.39, 0.29) is 6.04 Å². The summed E-state index contributed by atoms with van der Waals surface area (Å²) in [7, 11) is 0. The Morgan fingerprint density at radius 3 is 2.44 bits per heavy atom. The van der Waals surface area contributed by atoms with Crippen LogP contribution in [0.1, 0.15) is 37.8 Å². The third-order valence-corrected chi connectivity index (χ3v) is 4.68. The molecule has 1 aromatic carbocycles. The van der Waals surface area contributed by atoms with Crippen LogP contribution in [0, 0.1) is 11.6 Å². The van der Waals surface area contributed by atoms with E-state index in [2.05, 4.69) is 11.6 Å². The summed E-state index contributed by atoms with van der Waals surface area (Å²) in [6.45, 7) is 1.96. The van der Waals surface area contributed by atoms with Gasteiger partial charge in [0.05, 0.1) is 0 Å². The molecule has 100 valence electrons. The summed E-state index contributed by atoms with van der Waals surface area (Å²) in [6, 6.07) is 4.17. The van der Waals surface area contributed by atoms with Gasteiger partial charge in [-0.15, -0.1) is 0 Å². The van der Waals surface area contributed by atoms with Crippen LogP contribution in [0.5, 0.6) is 0 Å². The van der Waals surface area contributed by atoms with Gasteiger partial charge in [0.15, 0.2) is 0 Å². The van der Waals surface area contributed by atoms with Gasteiger partial charge in [-0.3, -0.25) is 0 Å². The van der Waals surface area contributed by atoms with Gasteiger partial charge in [0.1, 0.15) is 11.6 Å². The highest BCUT2D eigenvalue weighted by atomic mass is 32.2. The van der Waals surface area contributed by atoms with Crippen LogP contribution in [0.2, 0.25) is 0 Å². The molecule has 18 heavy (non-hydrogen) atoms. The maximum absolute atomic E-state index is 13.1. The van der Waals surface area contributed by atoms with E-state index in [1.807, 2.05) is 18.7 Å². The van der Waals surface area contributed by atoms with E-state index in [1.54, 1.807) is 0 Å². The second-order valence-electron chi connectivity index (χ2n) is 4.96. The van der Waals surface area contributed by atoms with Crippen LogP contribution in [0.15, 0.2) is 18.2 Å². The topological polar surface area (TPSA) is 12.0 Å². The molecule has 0 aliphatic heterocycles. The molecule has 3 atom stereocenters. The van der Waals surface area contributed by atoms with Gasteiger partial charge >= 0.3 is 0 Å². The number of benzene rings is 1. The van der Waals surface area contributed by atoms with Crippen LogP contribution in [0.25, 0.3) is 0 Å². The third-order valence-electron chi connectivity index (χ3n) is 3.59. The lowest BCUT2D eigenvalue weighted by Gasteiger charge is -2.20. The molecule has 4 heteroatoms. The van der Waals surface area contributed by atoms with Crippen molar-refractivity contribution >= 4 is 11.8 Å². The molecule has 0 aromatic heterocycles. The van der Waals surface area contributed by atoms with E-state index >= 15 is 0 Å². The third kappa shape index (κ3) is 3.45. The number of thioether (sulfide) groups is 1. The normalized spacial score (nSPS) is 25.3. The highest BCUT2D eigenvalue weighted by molar-refractivity contribution is 7.99. The Hall–Kier alpha value is -0.610. The fourth-order valence-corrected chi connectivity index (χ4v) is 3.38. The molecule has 0 heterocycles. The quantitative estimate of drug-likeness (QED) is 0.891. The number of hydrogen-bond donors (Lipinski definition) is 1. The van der Waals surface area contributed by atoms with Crippen LogP contribution < -0.4 is 5.32 Å². The second-order valence-corrected chi connectivity index (χ2v) is 6.10. The van der Waals surface area contributed by atoms with Crippen molar-refractivity contribution < 1.29 is 8.78 Å². The lowest BCUT2D eigenvalue weighted by atomic mass is 10.1. The Labute approximate surface area is 111 Å². The molecule has 1 aliphatic rings. The number of rotatable bonds is 4. The lowest BCUT2D eigenvalue weighted by Crippen LogP contribution is -2.29. The molecular weight excluding hydrogens is 252 g/mol. The maximum atomic E-state index is 13.1. The average Bonchev–Trinajstić information content (AvgIpc) is 2.75. The molecule has 3 unspecified atom stereocenters. The Morgan fingerprint density at radius 2 is 1.89 bits per heavy atom. The van der Waals surface area contributed by atoms with E-state index in [0.29, 0.717) is 11.6 Å². The Bertz CT molecular complexity index is 391. The summed E-state index contributed by atoms with van der Waals surface area (Å²) in [6.07, 6.45) is 5.65. The highest BCUT2D eigenvalue weighted by Gasteiger charge is 2.25. The molecule has 1 fully saturated rings. The molecule has 0 saturated heterocycles. The van der Waals surface area contributed by atoms with Gasteiger partial charge in [-0.2, -0.15) is 11.8 Å². The first-order valence-corrected chi connectivity index (χ1v) is 7.62. The largest absolute Gasteiger partial charge is 0.307 e. The molecule has 0 spiro atoms. The molecule has 1 N–H and O–H groups in total. The standard InChI is InChI=1S/C14H19F2NS/c1-9(10-5-11(15)7-12(16)6-10)17-13-3-4-14(8-13)18-2/h5-7,9,13-14,17H,3-4,8H2,1-2H3. The van der Waals surface area contributed by atoms with Gasteiger partial charge in [-0.1, -0.05) is 0 Å². The van der Waals surface area contributed by atoms with Crippen LogP contribution in [-0.4, -0.2) is 17.5 Å². The van der Waals surface area contributed by atoms with Crippen molar-refractivity contribution in [1.29, 1.82) is 0 Å². The van der Waals surface area contributed by atoms with Crippen molar-refractivity contribution in [1.82, 2.24) is 5.32 Å². The maximum Gasteiger partial charge on any atom is 0.126 e. The average molecular weight is 271 g/mol. The Morgan fingerprint density at radius 1 is 1.22 bits per heavy atom. The summed E-state index contributed by atoms with van der Waals surface area (Å²) in [4.78, 5) is 0. The summed E-state index contributed by atoms with van der Waals surface area (Å²) < 4.78 is 26.3. The fourth-order valence-electron chi connectivity index (χ4n) is 2.58. The van der Waals surface area contributed by atoms with Gasteiger partial charge < -0.3 is 5.32 Å². The van der Waals surface area contributed by atoms with Crippen molar-refractivity contribution in [3.05, 3.63) is 35.4 Å². The highest BCUT2D eigenvalue weighted by Crippen LogP contribution is 2.29. The first-order chi connectivity index (χ1) is 8.58. The molecular formula is C14H19F2NS. The molecule has 2 rings (SSSR count). The van der Waals surface area contributed by atoms with E-state index in [0.717, 1.165) is 24.2 Å². The predicted molar refractivity (Wildman–Crippen MR) is 72.9 cm³/mol. The second kappa shape index (κ2) is 6.02. The zero-order chi connectivity index (χ0) is 13.1. The van der Waals surface area contributed by atoms with Crippen LogP contribution in [-0.2, 0) is 0 Å². The lowest BCUT2D eigenvalue weighted by molar-refractivity contribution is 0.457. The van der Waals surface area contributed by atoms with E-state index in [4.69, 9.17) is 0 Å². The molecule has 1 nitrogen and oxygen atoms in total. The van der Waals surface area contributed by atoms with Crippen molar-refractivity contribution in [2.24, 2.45) is 0 Å². The molecule has 0 amide bonds. The van der Waals surface area contributed by atoms with Crippen LogP contribution in [0.3, 0.4) is 0 Å². The van der Waals surface area contributed by atoms with Gasteiger partial charge in [0, 0.05) is 23.4 Å². The summed E-state index contributed by atoms with van der Waals surface area (Å²) in [5.74, 6) is -1.01. The van der Waals surface area contributed by atoms with Gasteiger partial charge in [0.2, 0.25) is 0 Å². The van der Waals surface area contributed by atoms with Gasteiger partial charge in [-0.25, -0.2) is 8.78 Å². The molecule has 1 saturated carbocycles. The van der Waals surface area contributed by atoms with E-state index in [1.165, 1.54) is 18.6 Å². The van der Waals surface area contributed by atoms with Gasteiger partial charge in [0.25, 0.3) is 0 Å². The first-order valence-electron chi connectivity index (χ1n) is 6.33. The minimum Gasteiger partial charge on any atom is -0.307 e. The minimum absolute atomic E-state index is 0.0131. The van der Waals surface area contributed by atoms with E-state index in [9.17, 15) is 8.78 Å². The number of nitrogens with one attached hydrogen (secondary N) is 1. The zero-order valence-corrected chi connectivity index (χ0v) is 11.6. The van der Waals surface area contributed by atoms with Crippen LogP contribution >= 0.6 is 11.8 Å². The van der Waals surface area contributed by atoms with E-state index < -0.39 is 11.6 Å². The monoisotopic (exact) mass is 271 g/mol. The van der Waals surface area contributed by atoms with Crippen molar-refractivity contribution in [3.8, 4) is 0 Å². The fraction of sp³-hybridized carbons (Fsp3) is 0.571. The summed E-state index contributed by atoms with van der Waals surface area (Å²) >= 11 is 1.90. The Balaban J connectivity index is 1.97. The minimum atomic E-state index is -0.507. The Kier molecular flexibility index (Phi) is 4.62. The van der Waals surface area contributed by atoms with Crippen LogP contribution in [0.4, 0.5) is 8.78 Å². The summed E-state index contributed by atoms with van der Waals surface area (Å²) in [5.41, 5.74) is 0.681. The number of hydrogen-bond acceptors (Lipinski definition) is 2. The summed E-state index contributed by atoms with van der Waals surface area (Å²) in [5, 5.41) is 4.19. The van der Waals surface area contributed by atoms with Crippen molar-refractivity contribution in [3.63, 3.8) is 0 Å². The molecule has 0 bridgehead atoms. The van der Waals surface area contributed by atoms with Gasteiger partial charge in [-0.05, 0) is 50.1 Å². The molecule has 0 radical (unpaired) electrons. The smallest absolute Gasteiger partial charge is 0.126 e. The van der Waals surface area contributed by atoms with Crippen molar-refractivity contribution in [2.45, 2.75) is 43.5 Å².